The van der Waals surface area contributed by atoms with E-state index in [2.05, 4.69) is 131 Å². The van der Waals surface area contributed by atoms with Crippen molar-refractivity contribution in [2.45, 2.75) is 0 Å². The van der Waals surface area contributed by atoms with Crippen molar-refractivity contribution in [2.75, 3.05) is 0 Å². The van der Waals surface area contributed by atoms with Crippen molar-refractivity contribution in [1.29, 1.82) is 0 Å². The first-order valence-corrected chi connectivity index (χ1v) is 13.6. The Labute approximate surface area is 223 Å². The molecule has 0 fully saturated rings. The van der Waals surface area contributed by atoms with Crippen LogP contribution < -0.4 is 0 Å². The summed E-state index contributed by atoms with van der Waals surface area (Å²) in [5.41, 5.74) is 7.59. The van der Waals surface area contributed by atoms with Crippen molar-refractivity contribution in [3.8, 4) is 28.3 Å². The van der Waals surface area contributed by atoms with Gasteiger partial charge >= 0.3 is 0 Å². The molecule has 0 aliphatic carbocycles. The molecule has 0 aliphatic rings. The van der Waals surface area contributed by atoms with Gasteiger partial charge in [0.05, 0.1) is 22.2 Å². The number of para-hydroxylation sites is 1. The third-order valence-electron chi connectivity index (χ3n) is 7.36. The quantitative estimate of drug-likeness (QED) is 0.240. The number of fused-ring (bicyclic) bond motifs is 6. The van der Waals surface area contributed by atoms with Crippen LogP contribution in [0.3, 0.4) is 0 Å². The normalized spacial score (nSPS) is 11.7. The lowest BCUT2D eigenvalue weighted by Gasteiger charge is -2.13. The number of nitrogens with zero attached hydrogens (tertiary/aromatic N) is 3. The lowest BCUT2D eigenvalue weighted by Crippen LogP contribution is -2.03. The van der Waals surface area contributed by atoms with E-state index in [1.54, 1.807) is 11.3 Å². The molecule has 3 heterocycles. The van der Waals surface area contributed by atoms with Crippen LogP contribution in [0.2, 0.25) is 0 Å². The average Bonchev–Trinajstić information content (AvgIpc) is 3.60. The molecule has 0 atom stereocenters. The Morgan fingerprint density at radius 3 is 2.16 bits per heavy atom. The highest BCUT2D eigenvalue weighted by molar-refractivity contribution is 7.09. The molecular formula is C34H21N3S. The van der Waals surface area contributed by atoms with Crippen LogP contribution in [0.4, 0.5) is 0 Å². The smallest absolute Gasteiger partial charge is 0.235 e. The topological polar surface area (TPSA) is 30.7 Å². The molecule has 0 saturated carbocycles. The van der Waals surface area contributed by atoms with E-state index < -0.39 is 0 Å². The first-order chi connectivity index (χ1) is 18.9. The molecule has 0 saturated heterocycles. The van der Waals surface area contributed by atoms with Gasteiger partial charge in [-0.05, 0) is 34.0 Å². The molecule has 8 rings (SSSR count). The van der Waals surface area contributed by atoms with E-state index in [4.69, 9.17) is 9.97 Å². The molecule has 4 heteroatoms. The largest absolute Gasteiger partial charge is 0.278 e. The Hall–Kier alpha value is -4.80. The van der Waals surface area contributed by atoms with E-state index in [9.17, 15) is 0 Å². The summed E-state index contributed by atoms with van der Waals surface area (Å²) in [7, 11) is 0. The van der Waals surface area contributed by atoms with Gasteiger partial charge in [-0.15, -0.1) is 11.3 Å². The fraction of sp³-hybridized carbons (Fsp3) is 0. The molecule has 5 aromatic carbocycles. The SMILES string of the molecule is c1ccc(-c2ccccc2-c2nc(-n3c4ccccc4c4c5ccccc5ccc43)nc3cscc23)cc1. The fourth-order valence-electron chi connectivity index (χ4n) is 5.67. The number of hydrogen-bond acceptors (Lipinski definition) is 3. The number of benzene rings is 5. The van der Waals surface area contributed by atoms with Gasteiger partial charge in [0.25, 0.3) is 0 Å². The van der Waals surface area contributed by atoms with E-state index in [0.29, 0.717) is 5.95 Å². The van der Waals surface area contributed by atoms with Gasteiger partial charge in [0.1, 0.15) is 0 Å². The van der Waals surface area contributed by atoms with Crippen molar-refractivity contribution in [2.24, 2.45) is 0 Å². The Morgan fingerprint density at radius 2 is 1.26 bits per heavy atom. The molecule has 0 radical (unpaired) electrons. The predicted molar refractivity (Wildman–Crippen MR) is 160 cm³/mol. The van der Waals surface area contributed by atoms with Crippen molar-refractivity contribution >= 4 is 54.8 Å². The Kier molecular flexibility index (Phi) is 4.69. The Bertz CT molecular complexity index is 2140. The zero-order valence-corrected chi connectivity index (χ0v) is 21.2. The second-order valence-electron chi connectivity index (χ2n) is 9.49. The van der Waals surface area contributed by atoms with Gasteiger partial charge in [-0.1, -0.05) is 103 Å². The van der Waals surface area contributed by atoms with Crippen molar-refractivity contribution in [1.82, 2.24) is 14.5 Å². The first kappa shape index (κ1) is 21.3. The molecule has 0 spiro atoms. The molecule has 0 bridgehead atoms. The summed E-state index contributed by atoms with van der Waals surface area (Å²) in [6.07, 6.45) is 0. The standard InChI is InChI=1S/C34H21N3S/c1-2-10-22(11-3-1)24-13-6-7-15-26(24)33-28-20-38-21-29(28)35-34(36-33)37-30-17-9-8-16-27(30)32-25-14-5-4-12-23(25)18-19-31(32)37/h1-21H. The highest BCUT2D eigenvalue weighted by atomic mass is 32.1. The van der Waals surface area contributed by atoms with Crippen LogP contribution in [0, 0.1) is 0 Å². The molecule has 0 N–H and O–H groups in total. The van der Waals surface area contributed by atoms with Crippen LogP contribution in [0.25, 0.3) is 71.8 Å². The minimum atomic E-state index is 0.690. The molecule has 178 valence electrons. The van der Waals surface area contributed by atoms with Gasteiger partial charge in [-0.25, -0.2) is 9.97 Å². The summed E-state index contributed by atoms with van der Waals surface area (Å²) >= 11 is 1.67. The van der Waals surface area contributed by atoms with E-state index in [0.717, 1.165) is 33.2 Å². The number of hydrogen-bond donors (Lipinski definition) is 0. The molecule has 0 amide bonds. The maximum atomic E-state index is 5.31. The minimum Gasteiger partial charge on any atom is -0.278 e. The second-order valence-corrected chi connectivity index (χ2v) is 10.2. The first-order valence-electron chi connectivity index (χ1n) is 12.7. The molecule has 0 unspecified atom stereocenters. The van der Waals surface area contributed by atoms with Crippen LogP contribution in [0.1, 0.15) is 0 Å². The van der Waals surface area contributed by atoms with Crippen LogP contribution in [0.5, 0.6) is 0 Å². The Morgan fingerprint density at radius 1 is 0.526 bits per heavy atom. The maximum absolute atomic E-state index is 5.31. The molecule has 0 aliphatic heterocycles. The summed E-state index contributed by atoms with van der Waals surface area (Å²) < 4.78 is 2.23. The zero-order chi connectivity index (χ0) is 25.1. The van der Waals surface area contributed by atoms with Gasteiger partial charge in [0.2, 0.25) is 5.95 Å². The molecule has 8 aromatic rings. The van der Waals surface area contributed by atoms with Gasteiger partial charge in [0, 0.05) is 32.5 Å². The van der Waals surface area contributed by atoms with E-state index >= 15 is 0 Å². The van der Waals surface area contributed by atoms with Crippen LogP contribution in [-0.2, 0) is 0 Å². The van der Waals surface area contributed by atoms with Crippen molar-refractivity contribution in [3.63, 3.8) is 0 Å². The second kappa shape index (κ2) is 8.37. The summed E-state index contributed by atoms with van der Waals surface area (Å²) in [5.74, 6) is 0.690. The highest BCUT2D eigenvalue weighted by Gasteiger charge is 2.20. The molecule has 3 nitrogen and oxygen atoms in total. The van der Waals surface area contributed by atoms with Crippen molar-refractivity contribution in [3.05, 3.63) is 126 Å². The lowest BCUT2D eigenvalue weighted by molar-refractivity contribution is 1.02. The number of rotatable bonds is 3. The summed E-state index contributed by atoms with van der Waals surface area (Å²) in [4.78, 5) is 10.4. The average molecular weight is 504 g/mol. The number of aromatic nitrogens is 3. The monoisotopic (exact) mass is 503 g/mol. The van der Waals surface area contributed by atoms with Crippen LogP contribution in [0.15, 0.2) is 126 Å². The van der Waals surface area contributed by atoms with Crippen molar-refractivity contribution < 1.29 is 0 Å². The third-order valence-corrected chi connectivity index (χ3v) is 8.09. The van der Waals surface area contributed by atoms with E-state index in [-0.39, 0.29) is 0 Å². The van der Waals surface area contributed by atoms with E-state index in [1.807, 2.05) is 0 Å². The van der Waals surface area contributed by atoms with Crippen LogP contribution in [-0.4, -0.2) is 14.5 Å². The zero-order valence-electron chi connectivity index (χ0n) is 20.4. The third kappa shape index (κ3) is 3.14. The maximum Gasteiger partial charge on any atom is 0.235 e. The van der Waals surface area contributed by atoms with Gasteiger partial charge in [-0.2, -0.15) is 0 Å². The van der Waals surface area contributed by atoms with Gasteiger partial charge in [0.15, 0.2) is 0 Å². The molecular weight excluding hydrogens is 482 g/mol. The van der Waals surface area contributed by atoms with Gasteiger partial charge < -0.3 is 0 Å². The highest BCUT2D eigenvalue weighted by Crippen LogP contribution is 2.39. The van der Waals surface area contributed by atoms with E-state index in [1.165, 1.54) is 32.7 Å². The molecule has 38 heavy (non-hydrogen) atoms. The predicted octanol–water partition coefficient (Wildman–Crippen LogP) is 9.28. The summed E-state index contributed by atoms with van der Waals surface area (Å²) in [5, 5.41) is 10.3. The summed E-state index contributed by atoms with van der Waals surface area (Å²) in [6.45, 7) is 0. The van der Waals surface area contributed by atoms with Crippen LogP contribution >= 0.6 is 11.3 Å². The lowest BCUT2D eigenvalue weighted by atomic mass is 9.96. The van der Waals surface area contributed by atoms with Gasteiger partial charge in [-0.3, -0.25) is 4.57 Å². The fourth-order valence-corrected chi connectivity index (χ4v) is 6.41. The number of thiophene rings is 1. The minimum absolute atomic E-state index is 0.690. The Balaban J connectivity index is 1.47. The molecule has 3 aromatic heterocycles. The summed E-state index contributed by atoms with van der Waals surface area (Å²) in [6, 6.07) is 40.6.